The molecule has 1 atom stereocenters. The van der Waals surface area contributed by atoms with Gasteiger partial charge in [0.15, 0.2) is 11.6 Å². The normalized spacial score (nSPS) is 14.6. The van der Waals surface area contributed by atoms with Crippen LogP contribution in [0.15, 0.2) is 103 Å². The van der Waals surface area contributed by atoms with Gasteiger partial charge in [0.1, 0.15) is 29.5 Å². The average Bonchev–Trinajstić information content (AvgIpc) is 3.11. The predicted octanol–water partition coefficient (Wildman–Crippen LogP) is 6.46. The summed E-state index contributed by atoms with van der Waals surface area (Å²) in [5.41, 5.74) is -1.69. The van der Waals surface area contributed by atoms with Gasteiger partial charge in [0.2, 0.25) is 5.60 Å². The summed E-state index contributed by atoms with van der Waals surface area (Å²) in [6, 6.07) is 30.0. The Labute approximate surface area is 258 Å². The summed E-state index contributed by atoms with van der Waals surface area (Å²) in [5.74, 6) is -1.62. The van der Waals surface area contributed by atoms with E-state index in [1.54, 1.807) is 36.4 Å². The lowest BCUT2D eigenvalue weighted by Crippen LogP contribution is -2.33. The largest absolute Gasteiger partial charge is 0.466 e. The molecule has 0 aromatic heterocycles. The number of rotatable bonds is 7. The summed E-state index contributed by atoms with van der Waals surface area (Å²) < 4.78 is 6.40. The number of carbonyl (C=O) groups excluding carboxylic acids is 2. The van der Waals surface area contributed by atoms with Crippen molar-refractivity contribution in [2.45, 2.75) is 12.0 Å². The minimum atomic E-state index is -1.61. The van der Waals surface area contributed by atoms with Gasteiger partial charge >= 0.3 is 0 Å². The Morgan fingerprint density at radius 1 is 0.644 bits per heavy atom. The van der Waals surface area contributed by atoms with E-state index in [2.05, 4.69) is 6.07 Å². The number of nitriles is 5. The summed E-state index contributed by atoms with van der Waals surface area (Å²) in [7, 11) is 0. The van der Waals surface area contributed by atoms with Crippen LogP contribution in [0.4, 0.5) is 0 Å². The van der Waals surface area contributed by atoms with Crippen LogP contribution in [0.5, 0.6) is 5.75 Å². The van der Waals surface area contributed by atoms with Gasteiger partial charge in [-0.2, -0.15) is 26.3 Å². The van der Waals surface area contributed by atoms with Crippen LogP contribution in [0.1, 0.15) is 60.5 Å². The lowest BCUT2D eigenvalue weighted by atomic mass is 9.81. The second-order valence-electron chi connectivity index (χ2n) is 9.93. The molecule has 0 radical (unpaired) electrons. The van der Waals surface area contributed by atoms with Gasteiger partial charge in [-0.05, 0) is 48.0 Å². The number of ether oxygens (including phenoxy) is 1. The van der Waals surface area contributed by atoms with Crippen LogP contribution in [0.25, 0.3) is 11.1 Å². The number of hydrogen-bond donors (Lipinski definition) is 0. The van der Waals surface area contributed by atoms with Crippen molar-refractivity contribution in [1.29, 1.82) is 26.3 Å². The Hall–Kier alpha value is -7.05. The van der Waals surface area contributed by atoms with Gasteiger partial charge in [0.05, 0.1) is 40.0 Å². The Bertz CT molecular complexity index is 2130. The fourth-order valence-corrected chi connectivity index (χ4v) is 5.03. The van der Waals surface area contributed by atoms with Crippen molar-refractivity contribution in [2.24, 2.45) is 0 Å². The standard InChI is InChI=1S/C37H19N5O3/c38-19-24-9-13-26(14-10-24)31-33(35(44)28-15-11-25(20-39)12-16-28)29(21-40)32(34(43)27-7-3-1-4-8-27)30(22-41)36(31)45-37(23-42)17-5-2-6-18-37/h1-17H,18H2. The quantitative estimate of drug-likeness (QED) is 0.225. The maximum absolute atomic E-state index is 14.4. The SMILES string of the molecule is N#Cc1ccc(C(=O)c2c(C#N)c(C(=O)c3ccccc3)c(C#N)c(OC3(C#N)C=CC=CC3)c2-c2ccc(C#N)cc2)cc1. The second kappa shape index (κ2) is 12.4. The molecule has 0 fully saturated rings. The third-order valence-corrected chi connectivity index (χ3v) is 7.25. The molecule has 0 bridgehead atoms. The molecule has 8 nitrogen and oxygen atoms in total. The molecule has 0 heterocycles. The molecule has 4 aromatic carbocycles. The Morgan fingerprint density at radius 3 is 1.76 bits per heavy atom. The van der Waals surface area contributed by atoms with Crippen molar-refractivity contribution < 1.29 is 14.3 Å². The van der Waals surface area contributed by atoms with Crippen LogP contribution >= 0.6 is 0 Å². The van der Waals surface area contributed by atoms with Crippen LogP contribution in [0.3, 0.4) is 0 Å². The molecule has 1 aliphatic rings. The number of carbonyl (C=O) groups is 2. The van der Waals surface area contributed by atoms with Gasteiger partial charge < -0.3 is 4.74 Å². The molecule has 0 N–H and O–H groups in total. The zero-order valence-corrected chi connectivity index (χ0v) is 23.5. The van der Waals surface area contributed by atoms with Crippen molar-refractivity contribution in [2.75, 3.05) is 0 Å². The first-order valence-electron chi connectivity index (χ1n) is 13.5. The van der Waals surface area contributed by atoms with Crippen LogP contribution in [0.2, 0.25) is 0 Å². The summed E-state index contributed by atoms with van der Waals surface area (Å²) in [4.78, 5) is 28.5. The summed E-state index contributed by atoms with van der Waals surface area (Å²) in [5, 5.41) is 50.2. The van der Waals surface area contributed by atoms with Gasteiger partial charge in [-0.15, -0.1) is 0 Å². The molecular weight excluding hydrogens is 562 g/mol. The predicted molar refractivity (Wildman–Crippen MR) is 162 cm³/mol. The van der Waals surface area contributed by atoms with Crippen molar-refractivity contribution in [1.82, 2.24) is 0 Å². The Kier molecular flexibility index (Phi) is 8.14. The number of benzene rings is 4. The van der Waals surface area contributed by atoms with E-state index in [0.717, 1.165) is 0 Å². The van der Waals surface area contributed by atoms with Crippen molar-refractivity contribution in [3.05, 3.63) is 148 Å². The first-order chi connectivity index (χ1) is 21.9. The molecule has 0 aliphatic heterocycles. The first kappa shape index (κ1) is 29.4. The molecule has 45 heavy (non-hydrogen) atoms. The van der Waals surface area contributed by atoms with Gasteiger partial charge in [-0.1, -0.05) is 60.7 Å². The number of allylic oxidation sites excluding steroid dienone is 2. The lowest BCUT2D eigenvalue weighted by Gasteiger charge is -2.29. The fraction of sp³-hybridized carbons (Fsp3) is 0.0541. The molecule has 210 valence electrons. The van der Waals surface area contributed by atoms with E-state index in [1.165, 1.54) is 66.7 Å². The summed E-state index contributed by atoms with van der Waals surface area (Å²) in [6.07, 6.45) is 6.66. The van der Waals surface area contributed by atoms with E-state index in [1.807, 2.05) is 24.3 Å². The van der Waals surface area contributed by atoms with Crippen LogP contribution in [-0.4, -0.2) is 17.2 Å². The number of hydrogen-bond acceptors (Lipinski definition) is 8. The van der Waals surface area contributed by atoms with Crippen LogP contribution < -0.4 is 4.74 Å². The van der Waals surface area contributed by atoms with Gasteiger partial charge in [-0.25, -0.2) is 0 Å². The monoisotopic (exact) mass is 581 g/mol. The highest BCUT2D eigenvalue weighted by Gasteiger charge is 2.38. The maximum Gasteiger partial charge on any atom is 0.216 e. The Morgan fingerprint density at radius 2 is 1.22 bits per heavy atom. The highest BCUT2D eigenvalue weighted by molar-refractivity contribution is 6.20. The van der Waals surface area contributed by atoms with Crippen LogP contribution in [-0.2, 0) is 0 Å². The first-order valence-corrected chi connectivity index (χ1v) is 13.5. The molecule has 4 aromatic rings. The minimum absolute atomic E-state index is 0.00383. The molecule has 0 saturated heterocycles. The van der Waals surface area contributed by atoms with E-state index < -0.39 is 17.2 Å². The molecular formula is C37H19N5O3. The highest BCUT2D eigenvalue weighted by atomic mass is 16.5. The maximum atomic E-state index is 14.4. The Balaban J connectivity index is 1.95. The minimum Gasteiger partial charge on any atom is -0.466 e. The molecule has 0 amide bonds. The number of ketones is 2. The zero-order chi connectivity index (χ0) is 32.0. The summed E-state index contributed by atoms with van der Waals surface area (Å²) in [6.45, 7) is 0. The third kappa shape index (κ3) is 5.46. The van der Waals surface area contributed by atoms with E-state index in [0.29, 0.717) is 16.7 Å². The van der Waals surface area contributed by atoms with Crippen molar-refractivity contribution in [3.8, 4) is 47.2 Å². The highest BCUT2D eigenvalue weighted by Crippen LogP contribution is 2.45. The van der Waals surface area contributed by atoms with E-state index in [4.69, 9.17) is 4.74 Å². The number of nitrogens with zero attached hydrogens (tertiary/aromatic N) is 5. The molecule has 5 rings (SSSR count). The zero-order valence-electron chi connectivity index (χ0n) is 23.5. The topological polar surface area (TPSA) is 162 Å². The van der Waals surface area contributed by atoms with Crippen LogP contribution in [0, 0.1) is 56.7 Å². The van der Waals surface area contributed by atoms with E-state index in [9.17, 15) is 35.9 Å². The molecule has 8 heteroatoms. The second-order valence-corrected chi connectivity index (χ2v) is 9.93. The lowest BCUT2D eigenvalue weighted by molar-refractivity contribution is 0.103. The smallest absolute Gasteiger partial charge is 0.216 e. The van der Waals surface area contributed by atoms with E-state index in [-0.39, 0.29) is 51.1 Å². The molecule has 0 saturated carbocycles. The van der Waals surface area contributed by atoms with Crippen molar-refractivity contribution >= 4 is 11.6 Å². The van der Waals surface area contributed by atoms with Gasteiger partial charge in [0.25, 0.3) is 0 Å². The average molecular weight is 582 g/mol. The van der Waals surface area contributed by atoms with E-state index >= 15 is 0 Å². The molecule has 1 unspecified atom stereocenters. The third-order valence-electron chi connectivity index (χ3n) is 7.25. The summed E-state index contributed by atoms with van der Waals surface area (Å²) >= 11 is 0. The van der Waals surface area contributed by atoms with Gasteiger partial charge in [0, 0.05) is 23.1 Å². The van der Waals surface area contributed by atoms with Gasteiger partial charge in [-0.3, -0.25) is 9.59 Å². The molecule has 0 spiro atoms. The fourth-order valence-electron chi connectivity index (χ4n) is 5.03. The van der Waals surface area contributed by atoms with Crippen molar-refractivity contribution in [3.63, 3.8) is 0 Å². The molecule has 1 aliphatic carbocycles.